The molecule has 1 amide bonds. The van der Waals surface area contributed by atoms with Gasteiger partial charge in [0, 0.05) is 24.6 Å². The molecule has 2 aliphatic heterocycles. The highest BCUT2D eigenvalue weighted by Gasteiger charge is 2.33. The zero-order valence-electron chi connectivity index (χ0n) is 14.1. The predicted molar refractivity (Wildman–Crippen MR) is 89.3 cm³/mol. The Balaban J connectivity index is 1.83. The largest absolute Gasteiger partial charge is 0.460 e. The van der Waals surface area contributed by atoms with E-state index in [2.05, 4.69) is 5.32 Å². The Bertz CT molecular complexity index is 674. The van der Waals surface area contributed by atoms with Crippen LogP contribution in [0.2, 0.25) is 0 Å². The summed E-state index contributed by atoms with van der Waals surface area (Å²) in [5, 5.41) is 2.77. The Hall–Kier alpha value is -2.14. The Morgan fingerprint density at radius 2 is 2.12 bits per heavy atom. The molecule has 0 bridgehead atoms. The van der Waals surface area contributed by atoms with Crippen molar-refractivity contribution >= 4 is 11.9 Å². The number of hydrogen-bond donors (Lipinski definition) is 1. The summed E-state index contributed by atoms with van der Waals surface area (Å²) in [5.41, 5.74) is 3.18. The van der Waals surface area contributed by atoms with Crippen LogP contribution in [0.3, 0.4) is 0 Å². The molecule has 0 radical (unpaired) electrons. The monoisotopic (exact) mass is 329 g/mol. The van der Waals surface area contributed by atoms with Gasteiger partial charge in [-0.05, 0) is 37.8 Å². The van der Waals surface area contributed by atoms with Gasteiger partial charge in [-0.1, -0.05) is 24.3 Å². The first-order valence-corrected chi connectivity index (χ1v) is 8.41. The molecule has 1 saturated heterocycles. The molecule has 2 atom stereocenters. The van der Waals surface area contributed by atoms with E-state index in [1.807, 2.05) is 31.2 Å². The van der Waals surface area contributed by atoms with E-state index >= 15 is 0 Å². The molecule has 2 heterocycles. The van der Waals surface area contributed by atoms with Crippen molar-refractivity contribution in [3.63, 3.8) is 0 Å². The Morgan fingerprint density at radius 1 is 1.33 bits per heavy atom. The minimum absolute atomic E-state index is 0.00931. The molecule has 0 aliphatic carbocycles. The number of ether oxygens (including phenoxy) is 2. The van der Waals surface area contributed by atoms with Crippen LogP contribution in [0.4, 0.5) is 0 Å². The van der Waals surface area contributed by atoms with Crippen molar-refractivity contribution in [3.8, 4) is 0 Å². The number of aryl methyl sites for hydroxylation is 1. The quantitative estimate of drug-likeness (QED) is 0.863. The van der Waals surface area contributed by atoms with Gasteiger partial charge in [-0.2, -0.15) is 0 Å². The average Bonchev–Trinajstić information content (AvgIpc) is 3.06. The molecule has 5 nitrogen and oxygen atoms in total. The predicted octanol–water partition coefficient (Wildman–Crippen LogP) is 2.59. The lowest BCUT2D eigenvalue weighted by atomic mass is 9.82. The second kappa shape index (κ2) is 7.18. The van der Waals surface area contributed by atoms with Crippen molar-refractivity contribution in [2.45, 2.75) is 45.1 Å². The molecule has 0 saturated carbocycles. The summed E-state index contributed by atoms with van der Waals surface area (Å²) in [6.45, 7) is 4.74. The first-order chi connectivity index (χ1) is 11.6. The van der Waals surface area contributed by atoms with E-state index in [-0.39, 0.29) is 36.9 Å². The zero-order valence-corrected chi connectivity index (χ0v) is 14.1. The third kappa shape index (κ3) is 3.51. The number of carbonyl (C=O) groups is 2. The van der Waals surface area contributed by atoms with E-state index in [9.17, 15) is 9.59 Å². The van der Waals surface area contributed by atoms with Crippen LogP contribution in [0.5, 0.6) is 0 Å². The Morgan fingerprint density at radius 3 is 2.83 bits per heavy atom. The van der Waals surface area contributed by atoms with Crippen LogP contribution >= 0.6 is 0 Å². The SMILES string of the molecule is CC1=C(C(=O)OC[C@@H]2CCCO2)[C@@H](c2ccccc2C)CC(=O)N1. The van der Waals surface area contributed by atoms with E-state index in [1.165, 1.54) is 0 Å². The first-order valence-electron chi connectivity index (χ1n) is 8.41. The molecule has 5 heteroatoms. The molecular formula is C19H23NO4. The van der Waals surface area contributed by atoms with Crippen LogP contribution in [0.25, 0.3) is 0 Å². The standard InChI is InChI=1S/C19H23NO4/c1-12-6-3-4-8-15(12)16-10-17(21)20-13(2)18(16)19(22)24-11-14-7-5-9-23-14/h3-4,6,8,14,16H,5,7,9-11H2,1-2H3,(H,20,21)/t14-,16+/m0/s1. The molecule has 3 rings (SSSR count). The first kappa shape index (κ1) is 16.7. The fraction of sp³-hybridized carbons (Fsp3) is 0.474. The second-order valence-electron chi connectivity index (χ2n) is 6.43. The van der Waals surface area contributed by atoms with Gasteiger partial charge in [0.15, 0.2) is 0 Å². The number of esters is 1. The van der Waals surface area contributed by atoms with E-state index in [0.29, 0.717) is 11.3 Å². The third-order valence-corrected chi connectivity index (χ3v) is 4.68. The van der Waals surface area contributed by atoms with Crippen LogP contribution in [0.15, 0.2) is 35.5 Å². The average molecular weight is 329 g/mol. The molecule has 1 aromatic carbocycles. The maximum atomic E-state index is 12.7. The summed E-state index contributed by atoms with van der Waals surface area (Å²) in [4.78, 5) is 24.7. The summed E-state index contributed by atoms with van der Waals surface area (Å²) in [6.07, 6.45) is 2.17. The minimum atomic E-state index is -0.365. The highest BCUT2D eigenvalue weighted by Crippen LogP contribution is 2.35. The van der Waals surface area contributed by atoms with Crippen molar-refractivity contribution in [2.24, 2.45) is 0 Å². The zero-order chi connectivity index (χ0) is 17.1. The molecule has 0 unspecified atom stereocenters. The number of hydrogen-bond acceptors (Lipinski definition) is 4. The van der Waals surface area contributed by atoms with Crippen molar-refractivity contribution in [3.05, 3.63) is 46.7 Å². The number of nitrogens with one attached hydrogen (secondary N) is 1. The minimum Gasteiger partial charge on any atom is -0.460 e. The molecular weight excluding hydrogens is 306 g/mol. The number of allylic oxidation sites excluding steroid dienone is 1. The summed E-state index contributed by atoms with van der Waals surface area (Å²) in [7, 11) is 0. The number of benzene rings is 1. The highest BCUT2D eigenvalue weighted by atomic mass is 16.6. The van der Waals surface area contributed by atoms with Gasteiger partial charge in [0.25, 0.3) is 0 Å². The van der Waals surface area contributed by atoms with Crippen LogP contribution < -0.4 is 5.32 Å². The van der Waals surface area contributed by atoms with Gasteiger partial charge in [0.2, 0.25) is 5.91 Å². The normalized spacial score (nSPS) is 24.0. The molecule has 1 fully saturated rings. The van der Waals surface area contributed by atoms with Gasteiger partial charge in [-0.15, -0.1) is 0 Å². The van der Waals surface area contributed by atoms with E-state index in [1.54, 1.807) is 6.92 Å². The molecule has 0 spiro atoms. The highest BCUT2D eigenvalue weighted by molar-refractivity contribution is 5.95. The van der Waals surface area contributed by atoms with Gasteiger partial charge >= 0.3 is 5.97 Å². The molecule has 1 N–H and O–H groups in total. The van der Waals surface area contributed by atoms with Crippen LogP contribution in [0, 0.1) is 6.92 Å². The Labute approximate surface area is 142 Å². The Kier molecular flexibility index (Phi) is 5.00. The fourth-order valence-electron chi connectivity index (χ4n) is 3.44. The summed E-state index contributed by atoms with van der Waals surface area (Å²) in [6, 6.07) is 7.85. The van der Waals surface area contributed by atoms with Crippen molar-refractivity contribution < 1.29 is 19.1 Å². The third-order valence-electron chi connectivity index (χ3n) is 4.68. The maximum Gasteiger partial charge on any atom is 0.336 e. The van der Waals surface area contributed by atoms with Crippen LogP contribution in [0.1, 0.15) is 43.2 Å². The molecule has 2 aliphatic rings. The number of rotatable bonds is 4. The molecule has 24 heavy (non-hydrogen) atoms. The molecule has 1 aromatic rings. The van der Waals surface area contributed by atoms with Gasteiger partial charge < -0.3 is 14.8 Å². The number of carbonyl (C=O) groups excluding carboxylic acids is 2. The van der Waals surface area contributed by atoms with Crippen LogP contribution in [-0.2, 0) is 19.1 Å². The maximum absolute atomic E-state index is 12.7. The summed E-state index contributed by atoms with van der Waals surface area (Å²) >= 11 is 0. The van der Waals surface area contributed by atoms with Crippen molar-refractivity contribution in [2.75, 3.05) is 13.2 Å². The van der Waals surface area contributed by atoms with Gasteiger partial charge in [0.1, 0.15) is 6.61 Å². The van der Waals surface area contributed by atoms with Gasteiger partial charge in [-0.25, -0.2) is 4.79 Å². The lowest BCUT2D eigenvalue weighted by Crippen LogP contribution is -2.35. The lowest BCUT2D eigenvalue weighted by molar-refractivity contribution is -0.142. The summed E-state index contributed by atoms with van der Waals surface area (Å²) < 4.78 is 11.0. The van der Waals surface area contributed by atoms with E-state index < -0.39 is 0 Å². The topological polar surface area (TPSA) is 64.6 Å². The molecule has 128 valence electrons. The smallest absolute Gasteiger partial charge is 0.336 e. The lowest BCUT2D eigenvalue weighted by Gasteiger charge is -2.27. The van der Waals surface area contributed by atoms with E-state index in [0.717, 1.165) is 30.6 Å². The van der Waals surface area contributed by atoms with Crippen molar-refractivity contribution in [1.82, 2.24) is 5.32 Å². The van der Waals surface area contributed by atoms with E-state index in [4.69, 9.17) is 9.47 Å². The summed E-state index contributed by atoms with van der Waals surface area (Å²) in [5.74, 6) is -0.704. The number of amides is 1. The van der Waals surface area contributed by atoms with Gasteiger partial charge in [0.05, 0.1) is 11.7 Å². The van der Waals surface area contributed by atoms with Crippen LogP contribution in [-0.4, -0.2) is 31.2 Å². The fourth-order valence-corrected chi connectivity index (χ4v) is 3.44. The van der Waals surface area contributed by atoms with Gasteiger partial charge in [-0.3, -0.25) is 4.79 Å². The molecule has 0 aromatic heterocycles. The second-order valence-corrected chi connectivity index (χ2v) is 6.43. The van der Waals surface area contributed by atoms with Crippen molar-refractivity contribution in [1.29, 1.82) is 0 Å².